The van der Waals surface area contributed by atoms with E-state index in [9.17, 15) is 4.39 Å². The molecule has 4 heteroatoms. The van der Waals surface area contributed by atoms with E-state index in [1.54, 1.807) is 7.11 Å². The highest BCUT2D eigenvalue weighted by molar-refractivity contribution is 5.53. The fraction of sp³-hybridized carbons (Fsp3) is 0.500. The fourth-order valence-electron chi connectivity index (χ4n) is 2.32. The standard InChI is InChI=1S/C12H16FNO2/c1-15-10-6-8(13)7-4-3-5-9(14)11(7)12(10)16-2/h6,9H,3-5,14H2,1-2H3/t9-/m1/s1. The molecule has 88 valence electrons. The van der Waals surface area contributed by atoms with Crippen molar-refractivity contribution in [1.82, 2.24) is 0 Å². The van der Waals surface area contributed by atoms with E-state index >= 15 is 0 Å². The Morgan fingerprint density at radius 2 is 2.12 bits per heavy atom. The van der Waals surface area contributed by atoms with Crippen molar-refractivity contribution in [3.8, 4) is 11.5 Å². The number of nitrogens with two attached hydrogens (primary N) is 1. The second kappa shape index (κ2) is 4.29. The Hall–Kier alpha value is -1.29. The largest absolute Gasteiger partial charge is 0.493 e. The van der Waals surface area contributed by atoms with Gasteiger partial charge < -0.3 is 15.2 Å². The Kier molecular flexibility index (Phi) is 3.01. The van der Waals surface area contributed by atoms with Crippen molar-refractivity contribution in [3.63, 3.8) is 0 Å². The van der Waals surface area contributed by atoms with Crippen LogP contribution < -0.4 is 15.2 Å². The van der Waals surface area contributed by atoms with Gasteiger partial charge in [-0.2, -0.15) is 0 Å². The van der Waals surface area contributed by atoms with E-state index in [4.69, 9.17) is 15.2 Å². The van der Waals surface area contributed by atoms with Gasteiger partial charge in [-0.15, -0.1) is 0 Å². The average molecular weight is 225 g/mol. The zero-order valence-corrected chi connectivity index (χ0v) is 9.55. The zero-order valence-electron chi connectivity index (χ0n) is 9.55. The molecule has 16 heavy (non-hydrogen) atoms. The molecule has 1 aromatic carbocycles. The minimum atomic E-state index is -0.247. The summed E-state index contributed by atoms with van der Waals surface area (Å²) in [5, 5.41) is 0. The zero-order chi connectivity index (χ0) is 11.7. The smallest absolute Gasteiger partial charge is 0.165 e. The van der Waals surface area contributed by atoms with Crippen LogP contribution in [0, 0.1) is 5.82 Å². The third kappa shape index (κ3) is 1.63. The van der Waals surface area contributed by atoms with Crippen LogP contribution in [0.2, 0.25) is 0 Å². The molecule has 1 aromatic rings. The molecule has 0 bridgehead atoms. The molecular formula is C12H16FNO2. The molecular weight excluding hydrogens is 209 g/mol. The van der Waals surface area contributed by atoms with Crippen LogP contribution >= 0.6 is 0 Å². The van der Waals surface area contributed by atoms with E-state index in [1.165, 1.54) is 13.2 Å². The lowest BCUT2D eigenvalue weighted by molar-refractivity contribution is 0.341. The van der Waals surface area contributed by atoms with Gasteiger partial charge in [-0.05, 0) is 24.8 Å². The lowest BCUT2D eigenvalue weighted by Crippen LogP contribution is -2.20. The molecule has 0 heterocycles. The maximum absolute atomic E-state index is 13.8. The monoisotopic (exact) mass is 225 g/mol. The summed E-state index contributed by atoms with van der Waals surface area (Å²) in [5.74, 6) is 0.741. The molecule has 0 unspecified atom stereocenters. The van der Waals surface area contributed by atoms with Crippen molar-refractivity contribution >= 4 is 0 Å². The number of benzene rings is 1. The van der Waals surface area contributed by atoms with Crippen LogP contribution in [0.1, 0.15) is 30.0 Å². The highest BCUT2D eigenvalue weighted by Gasteiger charge is 2.26. The Labute approximate surface area is 94.3 Å². The molecule has 0 saturated heterocycles. The summed E-state index contributed by atoms with van der Waals surface area (Å²) in [4.78, 5) is 0. The second-order valence-corrected chi connectivity index (χ2v) is 3.98. The Balaban J connectivity index is 2.65. The number of halogens is 1. The first-order valence-electron chi connectivity index (χ1n) is 5.37. The first-order chi connectivity index (χ1) is 7.69. The summed E-state index contributed by atoms with van der Waals surface area (Å²) in [7, 11) is 3.05. The van der Waals surface area contributed by atoms with Crippen molar-refractivity contribution in [2.24, 2.45) is 5.73 Å². The van der Waals surface area contributed by atoms with E-state index in [2.05, 4.69) is 0 Å². The van der Waals surface area contributed by atoms with Crippen LogP contribution in [-0.4, -0.2) is 14.2 Å². The van der Waals surface area contributed by atoms with Gasteiger partial charge in [0.25, 0.3) is 0 Å². The summed E-state index contributed by atoms with van der Waals surface area (Å²) in [6.07, 6.45) is 2.49. The highest BCUT2D eigenvalue weighted by atomic mass is 19.1. The number of hydrogen-bond donors (Lipinski definition) is 1. The van der Waals surface area contributed by atoms with Crippen molar-refractivity contribution < 1.29 is 13.9 Å². The highest BCUT2D eigenvalue weighted by Crippen LogP contribution is 2.42. The molecule has 0 saturated carbocycles. The van der Waals surface area contributed by atoms with Crippen LogP contribution in [0.5, 0.6) is 11.5 Å². The first kappa shape index (κ1) is 11.2. The Morgan fingerprint density at radius 3 is 2.75 bits per heavy atom. The molecule has 0 spiro atoms. The Morgan fingerprint density at radius 1 is 1.38 bits per heavy atom. The normalized spacial score (nSPS) is 19.1. The van der Waals surface area contributed by atoms with Crippen LogP contribution in [0.15, 0.2) is 6.07 Å². The molecule has 0 fully saturated rings. The maximum Gasteiger partial charge on any atom is 0.165 e. The number of methoxy groups -OCH3 is 2. The fourth-order valence-corrected chi connectivity index (χ4v) is 2.32. The van der Waals surface area contributed by atoms with E-state index in [-0.39, 0.29) is 11.9 Å². The van der Waals surface area contributed by atoms with E-state index in [0.717, 1.165) is 24.8 Å². The van der Waals surface area contributed by atoms with Gasteiger partial charge in [0.1, 0.15) is 5.82 Å². The van der Waals surface area contributed by atoms with Crippen molar-refractivity contribution in [1.29, 1.82) is 0 Å². The van der Waals surface area contributed by atoms with Crippen molar-refractivity contribution in [2.75, 3.05) is 14.2 Å². The summed E-state index contributed by atoms with van der Waals surface area (Å²) in [6.45, 7) is 0. The Bertz CT molecular complexity index is 406. The van der Waals surface area contributed by atoms with Crippen molar-refractivity contribution in [3.05, 3.63) is 23.0 Å². The third-order valence-electron chi connectivity index (χ3n) is 3.08. The van der Waals surface area contributed by atoms with Gasteiger partial charge in [-0.3, -0.25) is 0 Å². The number of ether oxygens (including phenoxy) is 2. The molecule has 3 nitrogen and oxygen atoms in total. The topological polar surface area (TPSA) is 44.5 Å². The van der Waals surface area contributed by atoms with Crippen LogP contribution in [-0.2, 0) is 6.42 Å². The lowest BCUT2D eigenvalue weighted by Gasteiger charge is -2.26. The van der Waals surface area contributed by atoms with Crippen LogP contribution in [0.25, 0.3) is 0 Å². The molecule has 1 aliphatic rings. The average Bonchev–Trinajstić information content (AvgIpc) is 2.29. The van der Waals surface area contributed by atoms with Gasteiger partial charge >= 0.3 is 0 Å². The quantitative estimate of drug-likeness (QED) is 0.839. The minimum absolute atomic E-state index is 0.164. The number of rotatable bonds is 2. The van der Waals surface area contributed by atoms with E-state index in [0.29, 0.717) is 17.1 Å². The molecule has 2 rings (SSSR count). The molecule has 1 atom stereocenters. The SMILES string of the molecule is COc1cc(F)c2c(c1OC)[C@H](N)CCC2. The van der Waals surface area contributed by atoms with Gasteiger partial charge in [0.05, 0.1) is 14.2 Å². The predicted octanol–water partition coefficient (Wildman–Crippen LogP) is 2.18. The predicted molar refractivity (Wildman–Crippen MR) is 59.4 cm³/mol. The van der Waals surface area contributed by atoms with Gasteiger partial charge in [-0.25, -0.2) is 4.39 Å². The molecule has 2 N–H and O–H groups in total. The first-order valence-corrected chi connectivity index (χ1v) is 5.37. The molecule has 1 aliphatic carbocycles. The maximum atomic E-state index is 13.8. The summed E-state index contributed by atoms with van der Waals surface area (Å²) in [5.41, 5.74) is 7.46. The molecule has 0 radical (unpaired) electrons. The van der Waals surface area contributed by atoms with E-state index in [1.807, 2.05) is 0 Å². The summed E-state index contributed by atoms with van der Waals surface area (Å²) in [6, 6.07) is 1.21. The molecule has 0 aliphatic heterocycles. The van der Waals surface area contributed by atoms with Crippen molar-refractivity contribution in [2.45, 2.75) is 25.3 Å². The second-order valence-electron chi connectivity index (χ2n) is 3.98. The van der Waals surface area contributed by atoms with Crippen LogP contribution in [0.4, 0.5) is 4.39 Å². The summed E-state index contributed by atoms with van der Waals surface area (Å²) >= 11 is 0. The van der Waals surface area contributed by atoms with Gasteiger partial charge in [-0.1, -0.05) is 0 Å². The number of hydrogen-bond acceptors (Lipinski definition) is 3. The van der Waals surface area contributed by atoms with Gasteiger partial charge in [0.2, 0.25) is 0 Å². The van der Waals surface area contributed by atoms with Crippen LogP contribution in [0.3, 0.4) is 0 Å². The van der Waals surface area contributed by atoms with E-state index < -0.39 is 0 Å². The number of fused-ring (bicyclic) bond motifs is 1. The minimum Gasteiger partial charge on any atom is -0.493 e. The third-order valence-corrected chi connectivity index (χ3v) is 3.08. The van der Waals surface area contributed by atoms with Gasteiger partial charge in [0.15, 0.2) is 11.5 Å². The van der Waals surface area contributed by atoms with Gasteiger partial charge in [0, 0.05) is 17.7 Å². The molecule has 0 aromatic heterocycles. The molecule has 0 amide bonds. The lowest BCUT2D eigenvalue weighted by atomic mass is 9.87. The summed E-state index contributed by atoms with van der Waals surface area (Å²) < 4.78 is 24.2.